The third-order valence-electron chi connectivity index (χ3n) is 2.62. The number of halogens is 1. The lowest BCUT2D eigenvalue weighted by atomic mass is 10.1. The monoisotopic (exact) mass is 227 g/mol. The number of benzene rings is 2. The Morgan fingerprint density at radius 3 is 2.35 bits per heavy atom. The van der Waals surface area contributed by atoms with Gasteiger partial charge in [0.25, 0.3) is 0 Å². The molecule has 0 unspecified atom stereocenters. The second kappa shape index (κ2) is 5.39. The van der Waals surface area contributed by atoms with Gasteiger partial charge in [-0.15, -0.1) is 0 Å². The van der Waals surface area contributed by atoms with Crippen LogP contribution in [0.3, 0.4) is 0 Å². The molecule has 1 atom stereocenters. The Hall–Kier alpha value is -1.96. The summed E-state index contributed by atoms with van der Waals surface area (Å²) in [6.07, 6.45) is 1.59. The zero-order valence-electron chi connectivity index (χ0n) is 9.68. The Morgan fingerprint density at radius 2 is 1.65 bits per heavy atom. The highest BCUT2D eigenvalue weighted by Gasteiger charge is 2.01. The molecule has 0 N–H and O–H groups in total. The van der Waals surface area contributed by atoms with Crippen LogP contribution in [0.4, 0.5) is 4.39 Å². The Balaban J connectivity index is 2.14. The van der Waals surface area contributed by atoms with E-state index in [0.717, 1.165) is 5.56 Å². The number of aliphatic imine (C=N–C) groups is 1. The van der Waals surface area contributed by atoms with Crippen molar-refractivity contribution in [3.05, 3.63) is 71.5 Å². The van der Waals surface area contributed by atoms with Gasteiger partial charge in [0.05, 0.1) is 6.04 Å². The fraction of sp³-hybridized carbons (Fsp3) is 0.133. The molecule has 0 amide bonds. The summed E-state index contributed by atoms with van der Waals surface area (Å²) in [6.45, 7) is 1.99. The number of hydrogen-bond donors (Lipinski definition) is 0. The molecule has 0 aliphatic heterocycles. The third kappa shape index (κ3) is 3.00. The summed E-state index contributed by atoms with van der Waals surface area (Å²) in [5, 5.41) is 0. The van der Waals surface area contributed by atoms with Gasteiger partial charge in [0.2, 0.25) is 0 Å². The Bertz CT molecular complexity index is 505. The van der Waals surface area contributed by atoms with E-state index < -0.39 is 0 Å². The average Bonchev–Trinajstić information content (AvgIpc) is 2.38. The lowest BCUT2D eigenvalue weighted by Crippen LogP contribution is -1.92. The molecule has 17 heavy (non-hydrogen) atoms. The lowest BCUT2D eigenvalue weighted by molar-refractivity contribution is 0.625. The van der Waals surface area contributed by atoms with Gasteiger partial charge in [0.15, 0.2) is 0 Å². The number of hydrogen-bond acceptors (Lipinski definition) is 1. The summed E-state index contributed by atoms with van der Waals surface area (Å²) >= 11 is 0. The maximum atomic E-state index is 13.4. The molecule has 1 nitrogen and oxygen atoms in total. The van der Waals surface area contributed by atoms with Crippen molar-refractivity contribution in [3.63, 3.8) is 0 Å². The van der Waals surface area contributed by atoms with Gasteiger partial charge < -0.3 is 0 Å². The molecule has 0 aromatic heterocycles. The third-order valence-corrected chi connectivity index (χ3v) is 2.62. The Labute approximate surface area is 101 Å². The summed E-state index contributed by atoms with van der Waals surface area (Å²) in [5.74, 6) is -0.239. The van der Waals surface area contributed by atoms with Crippen molar-refractivity contribution in [2.45, 2.75) is 13.0 Å². The second-order valence-electron chi connectivity index (χ2n) is 3.89. The molecule has 0 bridgehead atoms. The van der Waals surface area contributed by atoms with Crippen LogP contribution in [0.5, 0.6) is 0 Å². The van der Waals surface area contributed by atoms with Crippen molar-refractivity contribution >= 4 is 6.21 Å². The first-order valence-electron chi connectivity index (χ1n) is 5.60. The van der Waals surface area contributed by atoms with Gasteiger partial charge in [0, 0.05) is 11.8 Å². The van der Waals surface area contributed by atoms with Crippen LogP contribution in [-0.4, -0.2) is 6.21 Å². The maximum absolute atomic E-state index is 13.4. The first-order valence-corrected chi connectivity index (χ1v) is 5.60. The van der Waals surface area contributed by atoms with E-state index in [4.69, 9.17) is 0 Å². The molecular weight excluding hydrogens is 213 g/mol. The fourth-order valence-corrected chi connectivity index (χ4v) is 1.59. The van der Waals surface area contributed by atoms with Gasteiger partial charge in [-0.1, -0.05) is 48.5 Å². The van der Waals surface area contributed by atoms with Crippen LogP contribution in [-0.2, 0) is 0 Å². The standard InChI is InChI=1S/C15H14FN/c1-12(13-7-3-2-4-8-13)17-11-14-9-5-6-10-15(14)16/h2-12H,1H3/t12-/m0/s1. The van der Waals surface area contributed by atoms with Gasteiger partial charge in [-0.2, -0.15) is 0 Å². The highest BCUT2D eigenvalue weighted by molar-refractivity contribution is 5.80. The summed E-state index contributed by atoms with van der Waals surface area (Å²) in [5.41, 5.74) is 1.65. The first-order chi connectivity index (χ1) is 8.27. The molecular formula is C15H14FN. The molecule has 2 aromatic rings. The molecule has 86 valence electrons. The van der Waals surface area contributed by atoms with E-state index >= 15 is 0 Å². The van der Waals surface area contributed by atoms with Gasteiger partial charge in [0.1, 0.15) is 5.82 Å². The van der Waals surface area contributed by atoms with Gasteiger partial charge in [-0.3, -0.25) is 4.99 Å². The SMILES string of the molecule is C[C@H](N=Cc1ccccc1F)c1ccccc1. The highest BCUT2D eigenvalue weighted by Crippen LogP contribution is 2.16. The Morgan fingerprint density at radius 1 is 1.00 bits per heavy atom. The smallest absolute Gasteiger partial charge is 0.131 e. The molecule has 0 heterocycles. The van der Waals surface area contributed by atoms with Crippen LogP contribution in [0.2, 0.25) is 0 Å². The summed E-state index contributed by atoms with van der Waals surface area (Å²) in [4.78, 5) is 4.36. The minimum Gasteiger partial charge on any atom is -0.285 e. The molecule has 0 radical (unpaired) electrons. The molecule has 0 saturated heterocycles. The maximum Gasteiger partial charge on any atom is 0.131 e. The molecule has 2 rings (SSSR count). The largest absolute Gasteiger partial charge is 0.285 e. The van der Waals surface area contributed by atoms with Gasteiger partial charge in [-0.25, -0.2) is 4.39 Å². The van der Waals surface area contributed by atoms with Crippen LogP contribution in [0.1, 0.15) is 24.1 Å². The minimum atomic E-state index is -0.239. The Kier molecular flexibility index (Phi) is 3.66. The minimum absolute atomic E-state index is 0.0378. The summed E-state index contributed by atoms with van der Waals surface area (Å²) in [6, 6.07) is 16.6. The van der Waals surface area contributed by atoms with Crippen molar-refractivity contribution in [2.75, 3.05) is 0 Å². The van der Waals surface area contributed by atoms with Gasteiger partial charge >= 0.3 is 0 Å². The van der Waals surface area contributed by atoms with Crippen LogP contribution in [0, 0.1) is 5.82 Å². The lowest BCUT2D eigenvalue weighted by Gasteiger charge is -2.05. The van der Waals surface area contributed by atoms with Gasteiger partial charge in [-0.05, 0) is 18.6 Å². The number of rotatable bonds is 3. The fourth-order valence-electron chi connectivity index (χ4n) is 1.59. The first kappa shape index (κ1) is 11.5. The zero-order valence-corrected chi connectivity index (χ0v) is 9.68. The number of nitrogens with zero attached hydrogens (tertiary/aromatic N) is 1. The van der Waals surface area contributed by atoms with Crippen LogP contribution < -0.4 is 0 Å². The van der Waals surface area contributed by atoms with Crippen molar-refractivity contribution in [3.8, 4) is 0 Å². The highest BCUT2D eigenvalue weighted by atomic mass is 19.1. The summed E-state index contributed by atoms with van der Waals surface area (Å²) < 4.78 is 13.4. The van der Waals surface area contributed by atoms with Crippen molar-refractivity contribution in [1.82, 2.24) is 0 Å². The van der Waals surface area contributed by atoms with Crippen LogP contribution in [0.15, 0.2) is 59.6 Å². The normalized spacial score (nSPS) is 12.8. The van der Waals surface area contributed by atoms with Crippen LogP contribution in [0.25, 0.3) is 0 Å². The molecule has 0 fully saturated rings. The molecule has 0 spiro atoms. The van der Waals surface area contributed by atoms with Crippen molar-refractivity contribution in [2.24, 2.45) is 4.99 Å². The molecule has 2 aromatic carbocycles. The quantitative estimate of drug-likeness (QED) is 0.703. The van der Waals surface area contributed by atoms with E-state index in [0.29, 0.717) is 5.56 Å². The summed E-state index contributed by atoms with van der Waals surface area (Å²) in [7, 11) is 0. The zero-order chi connectivity index (χ0) is 12.1. The molecule has 0 saturated carbocycles. The van der Waals surface area contributed by atoms with E-state index in [-0.39, 0.29) is 11.9 Å². The van der Waals surface area contributed by atoms with Crippen LogP contribution >= 0.6 is 0 Å². The predicted octanol–water partition coefficient (Wildman–Crippen LogP) is 4.01. The van der Waals surface area contributed by atoms with E-state index in [1.54, 1.807) is 24.4 Å². The average molecular weight is 227 g/mol. The topological polar surface area (TPSA) is 12.4 Å². The molecule has 0 aliphatic carbocycles. The molecule has 2 heteroatoms. The van der Waals surface area contributed by atoms with Crippen molar-refractivity contribution < 1.29 is 4.39 Å². The predicted molar refractivity (Wildman–Crippen MR) is 68.9 cm³/mol. The second-order valence-corrected chi connectivity index (χ2v) is 3.89. The van der Waals surface area contributed by atoms with Crippen molar-refractivity contribution in [1.29, 1.82) is 0 Å². The van der Waals surface area contributed by atoms with E-state index in [9.17, 15) is 4.39 Å². The van der Waals surface area contributed by atoms with E-state index in [1.165, 1.54) is 6.07 Å². The molecule has 0 aliphatic rings. The van der Waals surface area contributed by atoms with E-state index in [2.05, 4.69) is 4.99 Å². The van der Waals surface area contributed by atoms with E-state index in [1.807, 2.05) is 37.3 Å².